The molecule has 1 amide bonds. The van der Waals surface area contributed by atoms with E-state index in [9.17, 15) is 9.59 Å². The summed E-state index contributed by atoms with van der Waals surface area (Å²) in [5.74, 6) is -0.781. The minimum absolute atomic E-state index is 0.311. The fraction of sp³-hybridized carbons (Fsp3) is 0.143. The second-order valence-electron chi connectivity index (χ2n) is 7.85. The number of carbonyl (C=O) groups excluding carboxylic acids is 2. The number of hydrogen-bond donors (Lipinski definition) is 2. The lowest BCUT2D eigenvalue weighted by Crippen LogP contribution is -2.43. The lowest BCUT2D eigenvalue weighted by atomic mass is 10.0. The zero-order valence-electron chi connectivity index (χ0n) is 18.5. The van der Waals surface area contributed by atoms with Gasteiger partial charge in [-0.1, -0.05) is 72.8 Å². The SMILES string of the molecule is COC(=O)C(Cc1ccccc1)NC(=O)c1ccc2cc(NCc3ccccc3)ccc2c1. The summed E-state index contributed by atoms with van der Waals surface area (Å²) in [6.45, 7) is 0.739. The normalized spacial score (nSPS) is 11.5. The van der Waals surface area contributed by atoms with Crippen LogP contribution in [0.2, 0.25) is 0 Å². The monoisotopic (exact) mass is 438 g/mol. The minimum atomic E-state index is -0.759. The van der Waals surface area contributed by atoms with Crippen molar-refractivity contribution in [2.24, 2.45) is 0 Å². The molecule has 1 unspecified atom stereocenters. The molecule has 33 heavy (non-hydrogen) atoms. The van der Waals surface area contributed by atoms with E-state index in [1.807, 2.05) is 72.8 Å². The van der Waals surface area contributed by atoms with Gasteiger partial charge in [-0.15, -0.1) is 0 Å². The average Bonchev–Trinajstić information content (AvgIpc) is 2.87. The lowest BCUT2D eigenvalue weighted by molar-refractivity contribution is -0.142. The number of carbonyl (C=O) groups is 2. The molecular formula is C28H26N2O3. The Labute approximate surface area is 193 Å². The topological polar surface area (TPSA) is 67.4 Å². The molecule has 0 saturated carbocycles. The molecule has 0 bridgehead atoms. The minimum Gasteiger partial charge on any atom is -0.467 e. The Bertz CT molecular complexity index is 1240. The molecule has 5 heteroatoms. The van der Waals surface area contributed by atoms with Gasteiger partial charge in [-0.25, -0.2) is 4.79 Å². The quantitative estimate of drug-likeness (QED) is 0.381. The zero-order chi connectivity index (χ0) is 23.0. The Morgan fingerprint density at radius 3 is 2.12 bits per heavy atom. The van der Waals surface area contributed by atoms with Gasteiger partial charge in [0, 0.05) is 24.2 Å². The molecule has 2 N–H and O–H groups in total. The Hall–Kier alpha value is -4.12. The summed E-state index contributed by atoms with van der Waals surface area (Å²) in [5.41, 5.74) is 3.66. The molecule has 0 aliphatic carbocycles. The van der Waals surface area contributed by atoms with E-state index in [0.717, 1.165) is 28.6 Å². The van der Waals surface area contributed by atoms with Crippen LogP contribution in [0.1, 0.15) is 21.5 Å². The van der Waals surface area contributed by atoms with Gasteiger partial charge < -0.3 is 15.4 Å². The summed E-state index contributed by atoms with van der Waals surface area (Å²) in [7, 11) is 1.33. The molecule has 4 rings (SSSR count). The maximum Gasteiger partial charge on any atom is 0.328 e. The summed E-state index contributed by atoms with van der Waals surface area (Å²) >= 11 is 0. The van der Waals surface area contributed by atoms with E-state index in [1.165, 1.54) is 12.7 Å². The number of amides is 1. The van der Waals surface area contributed by atoms with E-state index in [0.29, 0.717) is 12.0 Å². The van der Waals surface area contributed by atoms with Crippen LogP contribution >= 0.6 is 0 Å². The van der Waals surface area contributed by atoms with Crippen LogP contribution in [0.4, 0.5) is 5.69 Å². The number of methoxy groups -OCH3 is 1. The van der Waals surface area contributed by atoms with Gasteiger partial charge in [0.2, 0.25) is 0 Å². The van der Waals surface area contributed by atoms with Crippen LogP contribution in [0, 0.1) is 0 Å². The van der Waals surface area contributed by atoms with Crippen molar-refractivity contribution >= 4 is 28.3 Å². The highest BCUT2D eigenvalue weighted by atomic mass is 16.5. The Morgan fingerprint density at radius 2 is 1.42 bits per heavy atom. The average molecular weight is 439 g/mol. The molecule has 0 aromatic heterocycles. The number of rotatable bonds is 8. The van der Waals surface area contributed by atoms with Gasteiger partial charge in [-0.2, -0.15) is 0 Å². The summed E-state index contributed by atoms with van der Waals surface area (Å²) in [4.78, 5) is 25.2. The third-order valence-electron chi connectivity index (χ3n) is 5.52. The Kier molecular flexibility index (Phi) is 7.00. The third kappa shape index (κ3) is 5.77. The first-order valence-electron chi connectivity index (χ1n) is 10.9. The van der Waals surface area contributed by atoms with Gasteiger partial charge >= 0.3 is 5.97 Å². The van der Waals surface area contributed by atoms with Gasteiger partial charge in [0.15, 0.2) is 0 Å². The highest BCUT2D eigenvalue weighted by Gasteiger charge is 2.22. The summed E-state index contributed by atoms with van der Waals surface area (Å²) < 4.78 is 4.90. The molecule has 0 heterocycles. The maximum atomic E-state index is 12.9. The predicted molar refractivity (Wildman–Crippen MR) is 131 cm³/mol. The van der Waals surface area contributed by atoms with Crippen molar-refractivity contribution in [1.29, 1.82) is 0 Å². The first-order chi connectivity index (χ1) is 16.1. The third-order valence-corrected chi connectivity index (χ3v) is 5.52. The van der Waals surface area contributed by atoms with Crippen molar-refractivity contribution in [1.82, 2.24) is 5.32 Å². The second kappa shape index (κ2) is 10.5. The van der Waals surface area contributed by atoms with Crippen molar-refractivity contribution in [2.45, 2.75) is 19.0 Å². The molecule has 5 nitrogen and oxygen atoms in total. The van der Waals surface area contributed by atoms with Gasteiger partial charge in [-0.3, -0.25) is 4.79 Å². The van der Waals surface area contributed by atoms with Crippen molar-refractivity contribution in [3.63, 3.8) is 0 Å². The van der Waals surface area contributed by atoms with Crippen LogP contribution in [0.25, 0.3) is 10.8 Å². The number of fused-ring (bicyclic) bond motifs is 1. The van der Waals surface area contributed by atoms with E-state index in [1.54, 1.807) is 6.07 Å². The smallest absolute Gasteiger partial charge is 0.328 e. The molecule has 166 valence electrons. The molecule has 4 aromatic carbocycles. The van der Waals surface area contributed by atoms with Crippen LogP contribution in [-0.4, -0.2) is 25.0 Å². The molecule has 0 saturated heterocycles. The number of hydrogen-bond acceptors (Lipinski definition) is 4. The molecule has 4 aromatic rings. The molecule has 0 aliphatic rings. The van der Waals surface area contributed by atoms with E-state index >= 15 is 0 Å². The number of ether oxygens (including phenoxy) is 1. The van der Waals surface area contributed by atoms with E-state index < -0.39 is 12.0 Å². The molecule has 0 spiro atoms. The number of anilines is 1. The van der Waals surface area contributed by atoms with Crippen LogP contribution in [0.5, 0.6) is 0 Å². The molecule has 0 radical (unpaired) electrons. The Morgan fingerprint density at radius 1 is 0.788 bits per heavy atom. The fourth-order valence-corrected chi connectivity index (χ4v) is 3.72. The summed E-state index contributed by atoms with van der Waals surface area (Å²) in [6, 6.07) is 30.6. The first-order valence-corrected chi connectivity index (χ1v) is 10.9. The van der Waals surface area contributed by atoms with E-state index in [4.69, 9.17) is 4.74 Å². The van der Waals surface area contributed by atoms with Crippen molar-refractivity contribution in [3.8, 4) is 0 Å². The van der Waals surface area contributed by atoms with Crippen LogP contribution in [0.15, 0.2) is 97.1 Å². The van der Waals surface area contributed by atoms with Crippen LogP contribution in [0.3, 0.4) is 0 Å². The highest BCUT2D eigenvalue weighted by Crippen LogP contribution is 2.21. The number of esters is 1. The largest absolute Gasteiger partial charge is 0.467 e. The molecule has 0 fully saturated rings. The lowest BCUT2D eigenvalue weighted by Gasteiger charge is -2.17. The standard InChI is InChI=1S/C28H26N2O3/c1-33-28(32)26(16-20-8-4-2-5-9-20)30-27(31)24-13-12-23-18-25(15-14-22(23)17-24)29-19-21-10-6-3-7-11-21/h2-15,17-18,26,29H,16,19H2,1H3,(H,30,31). The zero-order valence-corrected chi connectivity index (χ0v) is 18.5. The van der Waals surface area contributed by atoms with E-state index in [-0.39, 0.29) is 5.91 Å². The second-order valence-corrected chi connectivity index (χ2v) is 7.85. The first kappa shape index (κ1) is 22.1. The van der Waals surface area contributed by atoms with Crippen molar-refractivity contribution in [2.75, 3.05) is 12.4 Å². The van der Waals surface area contributed by atoms with Crippen LogP contribution < -0.4 is 10.6 Å². The predicted octanol–water partition coefficient (Wildman–Crippen LogP) is 4.97. The van der Waals surface area contributed by atoms with Crippen LogP contribution in [-0.2, 0) is 22.5 Å². The van der Waals surface area contributed by atoms with Gasteiger partial charge in [-0.05, 0) is 46.2 Å². The molecule has 0 aliphatic heterocycles. The van der Waals surface area contributed by atoms with Gasteiger partial charge in [0.25, 0.3) is 5.91 Å². The van der Waals surface area contributed by atoms with Crippen molar-refractivity contribution < 1.29 is 14.3 Å². The molecular weight excluding hydrogens is 412 g/mol. The van der Waals surface area contributed by atoms with Gasteiger partial charge in [0.05, 0.1) is 7.11 Å². The maximum absolute atomic E-state index is 12.9. The highest BCUT2D eigenvalue weighted by molar-refractivity contribution is 6.00. The number of nitrogens with one attached hydrogen (secondary N) is 2. The van der Waals surface area contributed by atoms with Crippen molar-refractivity contribution in [3.05, 3.63) is 114 Å². The summed E-state index contributed by atoms with van der Waals surface area (Å²) in [6.07, 6.45) is 0.364. The Balaban J connectivity index is 1.46. The number of benzene rings is 4. The fourth-order valence-electron chi connectivity index (χ4n) is 3.72. The van der Waals surface area contributed by atoms with Gasteiger partial charge in [0.1, 0.15) is 6.04 Å². The summed E-state index contributed by atoms with van der Waals surface area (Å²) in [5, 5.41) is 8.23. The van der Waals surface area contributed by atoms with E-state index in [2.05, 4.69) is 28.8 Å². The molecule has 1 atom stereocenters.